The quantitative estimate of drug-likeness (QED) is 0.898. The molecule has 0 aliphatic carbocycles. The third-order valence-corrected chi connectivity index (χ3v) is 3.37. The fourth-order valence-corrected chi connectivity index (χ4v) is 2.33. The lowest BCUT2D eigenvalue weighted by atomic mass is 10.0. The van der Waals surface area contributed by atoms with Crippen molar-refractivity contribution in [2.45, 2.75) is 40.7 Å². The van der Waals surface area contributed by atoms with Crippen LogP contribution in [0.4, 0.5) is 5.82 Å². The molecule has 2 aromatic rings. The number of rotatable bonds is 3. The Morgan fingerprint density at radius 1 is 1.22 bits per heavy atom. The van der Waals surface area contributed by atoms with Crippen molar-refractivity contribution in [3.05, 3.63) is 35.2 Å². The Labute approximate surface area is 109 Å². The number of anilines is 1. The molecule has 0 saturated carbocycles. The fourth-order valence-electron chi connectivity index (χ4n) is 2.33. The summed E-state index contributed by atoms with van der Waals surface area (Å²) in [6, 6.07) is 6.40. The smallest absolute Gasteiger partial charge is 0.131 e. The molecule has 1 heterocycles. The van der Waals surface area contributed by atoms with Crippen molar-refractivity contribution < 1.29 is 0 Å². The second-order valence-electron chi connectivity index (χ2n) is 4.68. The predicted molar refractivity (Wildman–Crippen MR) is 76.6 cm³/mol. The van der Waals surface area contributed by atoms with Gasteiger partial charge in [0.1, 0.15) is 17.3 Å². The number of nitrogens with zero attached hydrogens (tertiary/aromatic N) is 2. The van der Waals surface area contributed by atoms with Gasteiger partial charge in [-0.25, -0.2) is 4.98 Å². The minimum absolute atomic E-state index is 0.781. The van der Waals surface area contributed by atoms with Crippen molar-refractivity contribution in [3.63, 3.8) is 0 Å². The Kier molecular flexibility index (Phi) is 3.41. The van der Waals surface area contributed by atoms with Crippen molar-refractivity contribution in [3.8, 4) is 11.3 Å². The molecule has 2 N–H and O–H groups in total. The molecular weight excluding hydrogens is 222 g/mol. The Bertz CT molecular complexity index is 567. The van der Waals surface area contributed by atoms with E-state index >= 15 is 0 Å². The van der Waals surface area contributed by atoms with Crippen LogP contribution >= 0.6 is 0 Å². The van der Waals surface area contributed by atoms with Crippen molar-refractivity contribution in [2.24, 2.45) is 0 Å². The minimum Gasteiger partial charge on any atom is -0.383 e. The maximum Gasteiger partial charge on any atom is 0.131 e. The number of aryl methyl sites for hydroxylation is 3. The van der Waals surface area contributed by atoms with Gasteiger partial charge < -0.3 is 10.3 Å². The number of nitrogen functional groups attached to an aromatic ring is 1. The van der Waals surface area contributed by atoms with Gasteiger partial charge in [0.05, 0.1) is 0 Å². The highest BCUT2D eigenvalue weighted by atomic mass is 15.1. The summed E-state index contributed by atoms with van der Waals surface area (Å²) in [5, 5.41) is 0. The monoisotopic (exact) mass is 243 g/mol. The molecule has 0 aliphatic heterocycles. The van der Waals surface area contributed by atoms with E-state index in [9.17, 15) is 0 Å². The van der Waals surface area contributed by atoms with Crippen molar-refractivity contribution in [1.29, 1.82) is 0 Å². The fraction of sp³-hybridized carbons (Fsp3) is 0.400. The predicted octanol–water partition coefficient (Wildman–Crippen LogP) is 3.33. The Morgan fingerprint density at radius 3 is 2.50 bits per heavy atom. The van der Waals surface area contributed by atoms with Crippen LogP contribution in [0, 0.1) is 13.8 Å². The topological polar surface area (TPSA) is 43.8 Å². The Hall–Kier alpha value is -1.77. The first-order valence-electron chi connectivity index (χ1n) is 6.51. The summed E-state index contributed by atoms with van der Waals surface area (Å²) in [7, 11) is 0. The van der Waals surface area contributed by atoms with Gasteiger partial charge in [-0.2, -0.15) is 0 Å². The molecule has 1 aromatic heterocycles. The maximum absolute atomic E-state index is 6.24. The lowest BCUT2D eigenvalue weighted by Gasteiger charge is -2.07. The maximum atomic E-state index is 6.24. The zero-order valence-corrected chi connectivity index (χ0v) is 11.6. The standard InChI is InChI=1S/C15H21N3/c1-5-13-17-14(15(16)18(13)6-2)12-9-10(3)7-8-11(12)4/h7-9H,5-6,16H2,1-4H3. The van der Waals surface area contributed by atoms with E-state index in [1.807, 2.05) is 0 Å². The average Bonchev–Trinajstić information content (AvgIpc) is 2.68. The number of nitrogens with two attached hydrogens (primary N) is 1. The molecule has 0 spiro atoms. The van der Waals surface area contributed by atoms with Gasteiger partial charge in [0, 0.05) is 18.5 Å². The zero-order valence-electron chi connectivity index (χ0n) is 11.6. The highest BCUT2D eigenvalue weighted by Crippen LogP contribution is 2.29. The summed E-state index contributed by atoms with van der Waals surface area (Å²) < 4.78 is 2.09. The van der Waals surface area contributed by atoms with Gasteiger partial charge in [-0.15, -0.1) is 0 Å². The molecule has 0 saturated heterocycles. The van der Waals surface area contributed by atoms with Gasteiger partial charge in [0.2, 0.25) is 0 Å². The highest BCUT2D eigenvalue weighted by Gasteiger charge is 2.15. The lowest BCUT2D eigenvalue weighted by molar-refractivity contribution is 0.713. The zero-order chi connectivity index (χ0) is 13.3. The molecule has 2 rings (SSSR count). The number of imidazole rings is 1. The van der Waals surface area contributed by atoms with Crippen LogP contribution < -0.4 is 5.73 Å². The molecule has 0 unspecified atom stereocenters. The van der Waals surface area contributed by atoms with Crippen LogP contribution in [0.25, 0.3) is 11.3 Å². The van der Waals surface area contributed by atoms with Gasteiger partial charge in [0.15, 0.2) is 0 Å². The normalized spacial score (nSPS) is 10.9. The van der Waals surface area contributed by atoms with Gasteiger partial charge in [0.25, 0.3) is 0 Å². The first-order valence-corrected chi connectivity index (χ1v) is 6.51. The largest absolute Gasteiger partial charge is 0.383 e. The second-order valence-corrected chi connectivity index (χ2v) is 4.68. The second kappa shape index (κ2) is 4.84. The molecule has 3 nitrogen and oxygen atoms in total. The van der Waals surface area contributed by atoms with Crippen LogP contribution in [0.2, 0.25) is 0 Å². The van der Waals surface area contributed by atoms with Crippen molar-refractivity contribution in [1.82, 2.24) is 9.55 Å². The van der Waals surface area contributed by atoms with E-state index < -0.39 is 0 Å². The Balaban J connectivity index is 2.64. The number of hydrogen-bond acceptors (Lipinski definition) is 2. The van der Waals surface area contributed by atoms with E-state index in [1.54, 1.807) is 0 Å². The molecule has 96 valence electrons. The van der Waals surface area contributed by atoms with Gasteiger partial charge in [-0.05, 0) is 32.4 Å². The molecule has 3 heteroatoms. The molecule has 0 bridgehead atoms. The van der Waals surface area contributed by atoms with E-state index in [4.69, 9.17) is 10.7 Å². The van der Waals surface area contributed by atoms with Crippen molar-refractivity contribution >= 4 is 5.82 Å². The Morgan fingerprint density at radius 2 is 1.94 bits per heavy atom. The van der Waals surface area contributed by atoms with E-state index in [0.29, 0.717) is 0 Å². The van der Waals surface area contributed by atoms with E-state index in [0.717, 1.165) is 35.9 Å². The molecule has 0 aliphatic rings. The van der Waals surface area contributed by atoms with Crippen LogP contribution in [0.1, 0.15) is 30.8 Å². The third kappa shape index (κ3) is 2.01. The SMILES string of the molecule is CCc1nc(-c2cc(C)ccc2C)c(N)n1CC. The number of aromatic nitrogens is 2. The summed E-state index contributed by atoms with van der Waals surface area (Å²) in [5.74, 6) is 1.84. The molecule has 0 fully saturated rings. The summed E-state index contributed by atoms with van der Waals surface area (Å²) in [6.07, 6.45) is 0.906. The molecule has 0 atom stereocenters. The number of hydrogen-bond donors (Lipinski definition) is 1. The minimum atomic E-state index is 0.781. The van der Waals surface area contributed by atoms with Crippen LogP contribution in [-0.4, -0.2) is 9.55 Å². The van der Waals surface area contributed by atoms with Crippen LogP contribution in [-0.2, 0) is 13.0 Å². The molecule has 1 aromatic carbocycles. The highest BCUT2D eigenvalue weighted by molar-refractivity contribution is 5.74. The van der Waals surface area contributed by atoms with Gasteiger partial charge >= 0.3 is 0 Å². The van der Waals surface area contributed by atoms with Crippen LogP contribution in [0.15, 0.2) is 18.2 Å². The lowest BCUT2D eigenvalue weighted by Crippen LogP contribution is -2.04. The van der Waals surface area contributed by atoms with Gasteiger partial charge in [-0.1, -0.05) is 24.6 Å². The van der Waals surface area contributed by atoms with Gasteiger partial charge in [-0.3, -0.25) is 0 Å². The molecular formula is C15H21N3. The average molecular weight is 243 g/mol. The first-order chi connectivity index (χ1) is 8.58. The van der Waals surface area contributed by atoms with E-state index in [1.165, 1.54) is 11.1 Å². The molecule has 18 heavy (non-hydrogen) atoms. The van der Waals surface area contributed by atoms with E-state index in [2.05, 4.69) is 50.5 Å². The molecule has 0 radical (unpaired) electrons. The summed E-state index contributed by atoms with van der Waals surface area (Å²) in [6.45, 7) is 9.28. The van der Waals surface area contributed by atoms with Crippen LogP contribution in [0.3, 0.4) is 0 Å². The summed E-state index contributed by atoms with van der Waals surface area (Å²) >= 11 is 0. The third-order valence-electron chi connectivity index (χ3n) is 3.37. The van der Waals surface area contributed by atoms with E-state index in [-0.39, 0.29) is 0 Å². The summed E-state index contributed by atoms with van der Waals surface area (Å²) in [5.41, 5.74) is 10.8. The van der Waals surface area contributed by atoms with Crippen LogP contribution in [0.5, 0.6) is 0 Å². The summed E-state index contributed by atoms with van der Waals surface area (Å²) in [4.78, 5) is 4.71. The number of benzene rings is 1. The first kappa shape index (κ1) is 12.7. The molecule has 0 amide bonds. The van der Waals surface area contributed by atoms with Crippen molar-refractivity contribution in [2.75, 3.05) is 5.73 Å².